The fraction of sp³-hybridized carbons (Fsp3) is 0.571. The maximum absolute atomic E-state index is 11.9. The van der Waals surface area contributed by atoms with Crippen LogP contribution in [0, 0.1) is 5.92 Å². The number of pyridine rings is 1. The van der Waals surface area contributed by atoms with Gasteiger partial charge in [-0.15, -0.1) is 0 Å². The van der Waals surface area contributed by atoms with Gasteiger partial charge in [-0.05, 0) is 18.4 Å². The van der Waals surface area contributed by atoms with Gasteiger partial charge in [0.1, 0.15) is 0 Å². The monoisotopic (exact) mass is 277 g/mol. The summed E-state index contributed by atoms with van der Waals surface area (Å²) in [5.74, 6) is 1.06. The van der Waals surface area contributed by atoms with Crippen LogP contribution in [0.2, 0.25) is 0 Å². The van der Waals surface area contributed by atoms with Gasteiger partial charge in [-0.1, -0.05) is 18.3 Å². The molecule has 2 aliphatic heterocycles. The van der Waals surface area contributed by atoms with E-state index in [1.54, 1.807) is 6.07 Å². The third kappa shape index (κ3) is 2.58. The van der Waals surface area contributed by atoms with E-state index in [0.29, 0.717) is 16.8 Å². The van der Waals surface area contributed by atoms with E-state index in [0.717, 1.165) is 32.6 Å². The summed E-state index contributed by atoms with van der Waals surface area (Å²) in [5.41, 5.74) is 6.92. The molecular weight excluding hydrogens is 258 g/mol. The highest BCUT2D eigenvalue weighted by Crippen LogP contribution is 2.34. The minimum atomic E-state index is 0.142. The average Bonchev–Trinajstić information content (AvgIpc) is 2.38. The van der Waals surface area contributed by atoms with E-state index in [4.69, 9.17) is 18.0 Å². The summed E-state index contributed by atoms with van der Waals surface area (Å²) in [6.07, 6.45) is 1.99. The van der Waals surface area contributed by atoms with Crippen molar-refractivity contribution >= 4 is 17.2 Å². The number of nitrogens with two attached hydrogens (primary N) is 1. The summed E-state index contributed by atoms with van der Waals surface area (Å²) in [6, 6.07) is 5.64. The lowest BCUT2D eigenvalue weighted by Crippen LogP contribution is -2.47. The Hall–Kier alpha value is -1.20. The zero-order valence-corrected chi connectivity index (χ0v) is 11.7. The fourth-order valence-electron chi connectivity index (χ4n) is 3.45. The molecule has 2 atom stereocenters. The van der Waals surface area contributed by atoms with E-state index in [-0.39, 0.29) is 5.56 Å². The number of likely N-dealkylation sites (tertiary alicyclic amines) is 1. The fourth-order valence-corrected chi connectivity index (χ4v) is 3.54. The summed E-state index contributed by atoms with van der Waals surface area (Å²) in [6.45, 7) is 3.87. The zero-order valence-electron chi connectivity index (χ0n) is 10.9. The first-order valence-electron chi connectivity index (χ1n) is 6.84. The Morgan fingerprint density at radius 3 is 3.00 bits per heavy atom. The Morgan fingerprint density at radius 1 is 1.37 bits per heavy atom. The van der Waals surface area contributed by atoms with Crippen LogP contribution < -0.4 is 11.3 Å². The molecule has 1 aromatic rings. The van der Waals surface area contributed by atoms with Crippen LogP contribution in [-0.2, 0) is 6.54 Å². The van der Waals surface area contributed by atoms with Gasteiger partial charge in [-0.3, -0.25) is 4.79 Å². The van der Waals surface area contributed by atoms with Crippen LogP contribution >= 0.6 is 12.2 Å². The van der Waals surface area contributed by atoms with Gasteiger partial charge in [0, 0.05) is 50.3 Å². The van der Waals surface area contributed by atoms with Gasteiger partial charge in [0.25, 0.3) is 5.56 Å². The van der Waals surface area contributed by atoms with Crippen LogP contribution in [0.4, 0.5) is 0 Å². The molecule has 0 aromatic carbocycles. The molecule has 2 unspecified atom stereocenters. The Labute approximate surface area is 118 Å². The molecule has 1 aromatic heterocycles. The van der Waals surface area contributed by atoms with Crippen LogP contribution in [0.1, 0.15) is 24.5 Å². The van der Waals surface area contributed by atoms with Crippen LogP contribution in [-0.4, -0.2) is 34.1 Å². The summed E-state index contributed by atoms with van der Waals surface area (Å²) in [5, 5.41) is 0. The molecule has 0 saturated carbocycles. The molecule has 1 fully saturated rings. The van der Waals surface area contributed by atoms with Crippen LogP contribution in [0.25, 0.3) is 0 Å². The van der Waals surface area contributed by atoms with Crippen molar-refractivity contribution in [2.75, 3.05) is 19.6 Å². The largest absolute Gasteiger partial charge is 0.393 e. The highest BCUT2D eigenvalue weighted by atomic mass is 32.1. The van der Waals surface area contributed by atoms with Gasteiger partial charge in [-0.25, -0.2) is 0 Å². The first-order valence-corrected chi connectivity index (χ1v) is 7.24. The van der Waals surface area contributed by atoms with Crippen molar-refractivity contribution in [3.63, 3.8) is 0 Å². The maximum Gasteiger partial charge on any atom is 0.250 e. The zero-order chi connectivity index (χ0) is 13.4. The van der Waals surface area contributed by atoms with Crippen LogP contribution in [0.5, 0.6) is 0 Å². The first-order chi connectivity index (χ1) is 9.13. The van der Waals surface area contributed by atoms with Crippen LogP contribution in [0.3, 0.4) is 0 Å². The van der Waals surface area contributed by atoms with Crippen molar-refractivity contribution in [3.05, 3.63) is 34.2 Å². The Morgan fingerprint density at radius 2 is 2.21 bits per heavy atom. The molecule has 1 saturated heterocycles. The Bertz CT molecular complexity index is 554. The molecule has 19 heavy (non-hydrogen) atoms. The van der Waals surface area contributed by atoms with E-state index in [1.807, 2.05) is 10.6 Å². The van der Waals surface area contributed by atoms with E-state index < -0.39 is 0 Å². The number of thiocarbonyl (C=S) groups is 1. The number of aromatic nitrogens is 1. The Kier molecular flexibility index (Phi) is 3.41. The normalized spacial score (nSPS) is 25.9. The lowest BCUT2D eigenvalue weighted by molar-refractivity contribution is 0.123. The smallest absolute Gasteiger partial charge is 0.250 e. The highest BCUT2D eigenvalue weighted by molar-refractivity contribution is 7.80. The number of hydrogen-bond acceptors (Lipinski definition) is 3. The molecule has 0 radical (unpaired) electrons. The number of nitrogens with zero attached hydrogens (tertiary/aromatic N) is 2. The molecule has 0 aliphatic carbocycles. The van der Waals surface area contributed by atoms with Gasteiger partial charge in [0.2, 0.25) is 0 Å². The molecule has 2 bridgehead atoms. The molecule has 102 valence electrons. The van der Waals surface area contributed by atoms with Crippen molar-refractivity contribution in [3.8, 4) is 0 Å². The molecule has 3 heterocycles. The van der Waals surface area contributed by atoms with E-state index in [1.165, 1.54) is 12.1 Å². The topological polar surface area (TPSA) is 51.3 Å². The predicted octanol–water partition coefficient (Wildman–Crippen LogP) is 0.944. The number of rotatable bonds is 3. The minimum absolute atomic E-state index is 0.142. The first kappa shape index (κ1) is 12.8. The predicted molar refractivity (Wildman–Crippen MR) is 79.4 cm³/mol. The molecule has 3 rings (SSSR count). The lowest BCUT2D eigenvalue weighted by atomic mass is 9.83. The third-order valence-corrected chi connectivity index (χ3v) is 4.43. The summed E-state index contributed by atoms with van der Waals surface area (Å²) < 4.78 is 1.96. The molecule has 0 spiro atoms. The Balaban J connectivity index is 1.80. The standard InChI is InChI=1S/C14H19N3OS/c15-13(19)4-5-16-7-10-6-11(9-16)12-2-1-3-14(18)17(12)8-10/h1-3,10-11H,4-9H2,(H2,15,19). The van der Waals surface area contributed by atoms with Gasteiger partial charge in [0.15, 0.2) is 0 Å². The molecule has 2 N–H and O–H groups in total. The molecule has 0 amide bonds. The second-order valence-corrected chi connectivity index (χ2v) is 6.20. The minimum Gasteiger partial charge on any atom is -0.393 e. The molecule has 4 nitrogen and oxygen atoms in total. The van der Waals surface area contributed by atoms with Crippen molar-refractivity contribution in [2.24, 2.45) is 11.7 Å². The van der Waals surface area contributed by atoms with Crippen LogP contribution in [0.15, 0.2) is 23.0 Å². The molecule has 5 heteroatoms. The quantitative estimate of drug-likeness (QED) is 0.836. The van der Waals surface area contributed by atoms with E-state index >= 15 is 0 Å². The van der Waals surface area contributed by atoms with E-state index in [9.17, 15) is 4.79 Å². The molecule has 2 aliphatic rings. The molecular formula is C14H19N3OS. The number of piperidine rings is 1. The van der Waals surface area contributed by atoms with Crippen molar-refractivity contribution in [1.29, 1.82) is 0 Å². The number of hydrogen-bond donors (Lipinski definition) is 1. The summed E-state index contributed by atoms with van der Waals surface area (Å²) >= 11 is 4.95. The summed E-state index contributed by atoms with van der Waals surface area (Å²) in [7, 11) is 0. The van der Waals surface area contributed by atoms with Gasteiger partial charge >= 0.3 is 0 Å². The van der Waals surface area contributed by atoms with E-state index in [2.05, 4.69) is 11.0 Å². The second-order valence-electron chi connectivity index (χ2n) is 5.67. The van der Waals surface area contributed by atoms with Crippen molar-refractivity contribution in [1.82, 2.24) is 9.47 Å². The lowest BCUT2D eigenvalue weighted by Gasteiger charge is -2.42. The average molecular weight is 277 g/mol. The highest BCUT2D eigenvalue weighted by Gasteiger charge is 2.34. The maximum atomic E-state index is 11.9. The van der Waals surface area contributed by atoms with Crippen molar-refractivity contribution in [2.45, 2.75) is 25.3 Å². The van der Waals surface area contributed by atoms with Gasteiger partial charge in [-0.2, -0.15) is 0 Å². The SMILES string of the molecule is NC(=S)CCN1CC2CC(C1)c1cccc(=O)n1C2. The van der Waals surface area contributed by atoms with Gasteiger partial charge < -0.3 is 15.2 Å². The number of fused-ring (bicyclic) bond motifs is 4. The third-order valence-electron chi connectivity index (χ3n) is 4.23. The van der Waals surface area contributed by atoms with Crippen molar-refractivity contribution < 1.29 is 0 Å². The second kappa shape index (κ2) is 5.06. The van der Waals surface area contributed by atoms with Gasteiger partial charge in [0.05, 0.1) is 4.99 Å². The summed E-state index contributed by atoms with van der Waals surface area (Å²) in [4.78, 5) is 14.9.